The molecule has 1 unspecified atom stereocenters. The zero-order valence-electron chi connectivity index (χ0n) is 10.0. The molecule has 1 saturated heterocycles. The molecule has 92 valence electrons. The van der Waals surface area contributed by atoms with Gasteiger partial charge in [0.2, 0.25) is 0 Å². The Kier molecular flexibility index (Phi) is 3.94. The van der Waals surface area contributed by atoms with Crippen LogP contribution in [0.5, 0.6) is 0 Å². The zero-order valence-corrected chi connectivity index (χ0v) is 10.8. The molecule has 0 radical (unpaired) electrons. The van der Waals surface area contributed by atoms with E-state index in [0.29, 0.717) is 16.5 Å². The summed E-state index contributed by atoms with van der Waals surface area (Å²) >= 11 is 2.03. The van der Waals surface area contributed by atoms with Crippen molar-refractivity contribution in [2.24, 2.45) is 0 Å². The van der Waals surface area contributed by atoms with Crippen molar-refractivity contribution >= 4 is 28.9 Å². The third kappa shape index (κ3) is 3.16. The third-order valence-electron chi connectivity index (χ3n) is 2.99. The number of rotatable bonds is 4. The number of nitrogens with two attached hydrogens (primary N) is 1. The Hall–Kier alpha value is -1.16. The van der Waals surface area contributed by atoms with Crippen molar-refractivity contribution in [3.63, 3.8) is 0 Å². The number of ketones is 1. The third-order valence-corrected chi connectivity index (χ3v) is 4.39. The average Bonchev–Trinajstić information content (AvgIpc) is 2.78. The standard InChI is InChI=1S/C13H18N2OS/c1-9(16)12-5-4-10(7-13(12)14)15-8-11-3-2-6-17-11/h4-5,7,11,15H,2-3,6,8,14H2,1H3. The quantitative estimate of drug-likeness (QED) is 0.637. The first-order valence-corrected chi connectivity index (χ1v) is 6.97. The number of benzene rings is 1. The van der Waals surface area contributed by atoms with E-state index in [9.17, 15) is 4.79 Å². The van der Waals surface area contributed by atoms with Crippen LogP contribution in [0.4, 0.5) is 11.4 Å². The minimum atomic E-state index is 0.0143. The molecule has 1 aromatic rings. The van der Waals surface area contributed by atoms with Gasteiger partial charge in [0.1, 0.15) is 0 Å². The van der Waals surface area contributed by atoms with Gasteiger partial charge in [-0.25, -0.2) is 0 Å². The number of nitrogens with one attached hydrogen (secondary N) is 1. The minimum Gasteiger partial charge on any atom is -0.398 e. The Labute approximate surface area is 106 Å². The molecule has 1 aliphatic rings. The summed E-state index contributed by atoms with van der Waals surface area (Å²) in [5.74, 6) is 1.29. The number of hydrogen-bond acceptors (Lipinski definition) is 4. The smallest absolute Gasteiger partial charge is 0.161 e. The average molecular weight is 250 g/mol. The van der Waals surface area contributed by atoms with E-state index in [1.807, 2.05) is 23.9 Å². The van der Waals surface area contributed by atoms with Crippen molar-refractivity contribution in [3.05, 3.63) is 23.8 Å². The Morgan fingerprint density at radius 3 is 3.00 bits per heavy atom. The Morgan fingerprint density at radius 2 is 2.41 bits per heavy atom. The Morgan fingerprint density at radius 1 is 1.59 bits per heavy atom. The lowest BCUT2D eigenvalue weighted by atomic mass is 10.1. The fraction of sp³-hybridized carbons (Fsp3) is 0.462. The fourth-order valence-corrected chi connectivity index (χ4v) is 3.23. The molecule has 0 saturated carbocycles. The van der Waals surface area contributed by atoms with Gasteiger partial charge >= 0.3 is 0 Å². The van der Waals surface area contributed by atoms with E-state index in [4.69, 9.17) is 5.73 Å². The molecule has 0 bridgehead atoms. The largest absolute Gasteiger partial charge is 0.398 e. The van der Waals surface area contributed by atoms with E-state index >= 15 is 0 Å². The lowest BCUT2D eigenvalue weighted by molar-refractivity contribution is 0.101. The molecule has 0 amide bonds. The molecular weight excluding hydrogens is 232 g/mol. The van der Waals surface area contributed by atoms with Crippen LogP contribution >= 0.6 is 11.8 Å². The second-order valence-electron chi connectivity index (χ2n) is 4.37. The van der Waals surface area contributed by atoms with Crippen LogP contribution in [-0.4, -0.2) is 23.3 Å². The molecule has 1 heterocycles. The number of carbonyl (C=O) groups is 1. The van der Waals surface area contributed by atoms with Gasteiger partial charge in [0, 0.05) is 28.7 Å². The van der Waals surface area contributed by atoms with E-state index in [1.165, 1.54) is 25.5 Å². The topological polar surface area (TPSA) is 55.1 Å². The fourth-order valence-electron chi connectivity index (χ4n) is 2.03. The number of hydrogen-bond donors (Lipinski definition) is 2. The maximum atomic E-state index is 11.2. The number of anilines is 2. The van der Waals surface area contributed by atoms with Gasteiger partial charge in [0.15, 0.2) is 5.78 Å². The minimum absolute atomic E-state index is 0.0143. The predicted octanol–water partition coefficient (Wildman–Crippen LogP) is 2.78. The van der Waals surface area contributed by atoms with Crippen LogP contribution in [0.25, 0.3) is 0 Å². The zero-order chi connectivity index (χ0) is 12.3. The van der Waals surface area contributed by atoms with Gasteiger partial charge in [-0.3, -0.25) is 4.79 Å². The molecule has 4 heteroatoms. The number of carbonyl (C=O) groups excluding carboxylic acids is 1. The highest BCUT2D eigenvalue weighted by Crippen LogP contribution is 2.26. The van der Waals surface area contributed by atoms with E-state index < -0.39 is 0 Å². The number of thioether (sulfide) groups is 1. The van der Waals surface area contributed by atoms with Gasteiger partial charge in [-0.1, -0.05) is 0 Å². The normalized spacial score (nSPS) is 19.2. The maximum Gasteiger partial charge on any atom is 0.161 e. The summed E-state index contributed by atoms with van der Waals surface area (Å²) in [5.41, 5.74) is 8.00. The highest BCUT2D eigenvalue weighted by molar-refractivity contribution is 8.00. The van der Waals surface area contributed by atoms with Gasteiger partial charge in [0.25, 0.3) is 0 Å². The van der Waals surface area contributed by atoms with Gasteiger partial charge in [-0.15, -0.1) is 0 Å². The highest BCUT2D eigenvalue weighted by atomic mass is 32.2. The number of nitrogen functional groups attached to an aromatic ring is 1. The van der Waals surface area contributed by atoms with Crippen molar-refractivity contribution in [1.82, 2.24) is 0 Å². The van der Waals surface area contributed by atoms with Crippen molar-refractivity contribution in [2.45, 2.75) is 25.0 Å². The summed E-state index contributed by atoms with van der Waals surface area (Å²) in [6, 6.07) is 5.56. The molecule has 1 aliphatic heterocycles. The summed E-state index contributed by atoms with van der Waals surface area (Å²) < 4.78 is 0. The number of Topliss-reactive ketones (excluding diaryl/α,β-unsaturated/α-hetero) is 1. The van der Waals surface area contributed by atoms with Crippen molar-refractivity contribution in [3.8, 4) is 0 Å². The highest BCUT2D eigenvalue weighted by Gasteiger charge is 2.15. The molecule has 2 rings (SSSR count). The van der Waals surface area contributed by atoms with E-state index in [0.717, 1.165) is 12.2 Å². The summed E-state index contributed by atoms with van der Waals surface area (Å²) in [4.78, 5) is 11.2. The maximum absolute atomic E-state index is 11.2. The first-order valence-electron chi connectivity index (χ1n) is 5.93. The predicted molar refractivity (Wildman–Crippen MR) is 74.8 cm³/mol. The molecule has 1 fully saturated rings. The Bertz CT molecular complexity index is 414. The second-order valence-corrected chi connectivity index (χ2v) is 5.78. The van der Waals surface area contributed by atoms with Crippen molar-refractivity contribution in [1.29, 1.82) is 0 Å². The van der Waals surface area contributed by atoms with E-state index in [2.05, 4.69) is 5.32 Å². The van der Waals surface area contributed by atoms with Crippen LogP contribution < -0.4 is 11.1 Å². The van der Waals surface area contributed by atoms with Gasteiger partial charge in [0.05, 0.1) is 0 Å². The van der Waals surface area contributed by atoms with Crippen LogP contribution in [0, 0.1) is 0 Å². The molecule has 3 N–H and O–H groups in total. The summed E-state index contributed by atoms with van der Waals surface area (Å²) in [7, 11) is 0. The van der Waals surface area contributed by atoms with Gasteiger partial charge in [-0.05, 0) is 43.7 Å². The molecule has 0 aliphatic carbocycles. The SMILES string of the molecule is CC(=O)c1ccc(NCC2CCCS2)cc1N. The van der Waals surface area contributed by atoms with Crippen LogP contribution in [-0.2, 0) is 0 Å². The van der Waals surface area contributed by atoms with Crippen molar-refractivity contribution in [2.75, 3.05) is 23.3 Å². The second kappa shape index (κ2) is 5.45. The van der Waals surface area contributed by atoms with Gasteiger partial charge < -0.3 is 11.1 Å². The monoisotopic (exact) mass is 250 g/mol. The van der Waals surface area contributed by atoms with Crippen LogP contribution in [0.3, 0.4) is 0 Å². The summed E-state index contributed by atoms with van der Waals surface area (Å²) in [5, 5.41) is 4.09. The molecule has 3 nitrogen and oxygen atoms in total. The lowest BCUT2D eigenvalue weighted by Crippen LogP contribution is -2.13. The summed E-state index contributed by atoms with van der Waals surface area (Å²) in [6.07, 6.45) is 2.61. The molecular formula is C13H18N2OS. The van der Waals surface area contributed by atoms with Crippen LogP contribution in [0.1, 0.15) is 30.1 Å². The first-order chi connectivity index (χ1) is 8.16. The molecule has 1 atom stereocenters. The molecule has 0 spiro atoms. The van der Waals surface area contributed by atoms with E-state index in [-0.39, 0.29) is 5.78 Å². The Balaban J connectivity index is 1.97. The van der Waals surface area contributed by atoms with E-state index in [1.54, 1.807) is 6.07 Å². The first kappa shape index (κ1) is 12.3. The molecule has 17 heavy (non-hydrogen) atoms. The molecule has 1 aromatic carbocycles. The van der Waals surface area contributed by atoms with Crippen LogP contribution in [0.2, 0.25) is 0 Å². The van der Waals surface area contributed by atoms with Crippen molar-refractivity contribution < 1.29 is 4.79 Å². The lowest BCUT2D eigenvalue weighted by Gasteiger charge is -2.12. The summed E-state index contributed by atoms with van der Waals surface area (Å²) in [6.45, 7) is 2.51. The van der Waals surface area contributed by atoms with Crippen LogP contribution in [0.15, 0.2) is 18.2 Å². The molecule has 0 aromatic heterocycles. The van der Waals surface area contributed by atoms with Gasteiger partial charge in [-0.2, -0.15) is 11.8 Å².